The lowest BCUT2D eigenvalue weighted by Gasteiger charge is -2.33. The van der Waals surface area contributed by atoms with Crippen molar-refractivity contribution in [2.75, 3.05) is 26.2 Å². The molecule has 3 heteroatoms. The number of aryl methyl sites for hydroxylation is 1. The van der Waals surface area contributed by atoms with E-state index >= 15 is 0 Å². The molecule has 0 aromatic heterocycles. The van der Waals surface area contributed by atoms with Gasteiger partial charge in [0.1, 0.15) is 0 Å². The van der Waals surface area contributed by atoms with Crippen LogP contribution in [0, 0.1) is 6.92 Å². The van der Waals surface area contributed by atoms with Crippen LogP contribution >= 0.6 is 0 Å². The minimum absolute atomic E-state index is 0.977. The van der Waals surface area contributed by atoms with Crippen LogP contribution < -0.4 is 0 Å². The molecule has 3 nitrogen and oxygen atoms in total. The van der Waals surface area contributed by atoms with E-state index in [4.69, 9.17) is 5.10 Å². The Labute approximate surface area is 174 Å². The minimum atomic E-state index is 0.977. The van der Waals surface area contributed by atoms with Gasteiger partial charge in [0.25, 0.3) is 0 Å². The predicted molar refractivity (Wildman–Crippen MR) is 122 cm³/mol. The highest BCUT2D eigenvalue weighted by atomic mass is 15.5. The van der Waals surface area contributed by atoms with Gasteiger partial charge in [-0.15, -0.1) is 0 Å². The maximum absolute atomic E-state index is 4.89. The summed E-state index contributed by atoms with van der Waals surface area (Å²) in [4.78, 5) is 2.51. The third-order valence-electron chi connectivity index (χ3n) is 5.58. The van der Waals surface area contributed by atoms with E-state index in [0.29, 0.717) is 0 Å². The normalized spacial score (nSPS) is 15.5. The summed E-state index contributed by atoms with van der Waals surface area (Å²) in [6.07, 6.45) is 0. The number of hydrazone groups is 1. The molecule has 1 saturated heterocycles. The van der Waals surface area contributed by atoms with E-state index in [1.54, 1.807) is 0 Å². The van der Waals surface area contributed by atoms with Crippen molar-refractivity contribution in [2.45, 2.75) is 20.4 Å². The molecule has 1 aliphatic rings. The van der Waals surface area contributed by atoms with Crippen molar-refractivity contribution in [3.8, 4) is 11.1 Å². The summed E-state index contributed by atoms with van der Waals surface area (Å²) in [6, 6.07) is 28.1. The maximum Gasteiger partial charge on any atom is 0.0646 e. The average Bonchev–Trinajstić information content (AvgIpc) is 2.77. The highest BCUT2D eigenvalue weighted by Gasteiger charge is 2.16. The quantitative estimate of drug-likeness (QED) is 0.564. The molecule has 1 heterocycles. The fourth-order valence-corrected chi connectivity index (χ4v) is 3.75. The van der Waals surface area contributed by atoms with Crippen molar-refractivity contribution < 1.29 is 0 Å². The molecule has 0 bridgehead atoms. The van der Waals surface area contributed by atoms with E-state index in [0.717, 1.165) is 38.4 Å². The molecular formula is C26H29N3. The Balaban J connectivity index is 1.33. The molecule has 0 N–H and O–H groups in total. The van der Waals surface area contributed by atoms with E-state index in [1.165, 1.54) is 27.8 Å². The summed E-state index contributed by atoms with van der Waals surface area (Å²) < 4.78 is 0. The van der Waals surface area contributed by atoms with Gasteiger partial charge in [-0.05, 0) is 36.1 Å². The molecule has 0 aliphatic carbocycles. The summed E-state index contributed by atoms with van der Waals surface area (Å²) in [5.41, 5.74) is 7.47. The molecule has 3 aromatic carbocycles. The largest absolute Gasteiger partial charge is 0.295 e. The monoisotopic (exact) mass is 383 g/mol. The van der Waals surface area contributed by atoms with Gasteiger partial charge >= 0.3 is 0 Å². The highest BCUT2D eigenvalue weighted by Crippen LogP contribution is 2.20. The zero-order valence-corrected chi connectivity index (χ0v) is 17.4. The zero-order chi connectivity index (χ0) is 20.1. The molecule has 148 valence electrons. The Morgan fingerprint density at radius 3 is 2.03 bits per heavy atom. The first-order chi connectivity index (χ1) is 14.2. The number of hydrogen-bond acceptors (Lipinski definition) is 3. The van der Waals surface area contributed by atoms with Crippen LogP contribution in [0.1, 0.15) is 23.6 Å². The molecule has 0 spiro atoms. The molecule has 0 amide bonds. The first-order valence-electron chi connectivity index (χ1n) is 10.4. The van der Waals surface area contributed by atoms with Gasteiger partial charge in [0.2, 0.25) is 0 Å². The lowest BCUT2D eigenvalue weighted by Crippen LogP contribution is -2.43. The lowest BCUT2D eigenvalue weighted by atomic mass is 10.0. The van der Waals surface area contributed by atoms with Crippen LogP contribution in [-0.2, 0) is 6.54 Å². The molecule has 3 aromatic rings. The topological polar surface area (TPSA) is 18.8 Å². The van der Waals surface area contributed by atoms with Crippen molar-refractivity contribution in [3.05, 3.63) is 95.6 Å². The first kappa shape index (κ1) is 19.4. The molecular weight excluding hydrogens is 354 g/mol. The van der Waals surface area contributed by atoms with Crippen LogP contribution in [0.5, 0.6) is 0 Å². The predicted octanol–water partition coefficient (Wildman–Crippen LogP) is 5.20. The molecule has 1 fully saturated rings. The van der Waals surface area contributed by atoms with E-state index < -0.39 is 0 Å². The van der Waals surface area contributed by atoms with Crippen molar-refractivity contribution >= 4 is 5.71 Å². The van der Waals surface area contributed by atoms with Crippen LogP contribution in [0.2, 0.25) is 0 Å². The van der Waals surface area contributed by atoms with Crippen LogP contribution in [0.4, 0.5) is 0 Å². The third kappa shape index (κ3) is 5.12. The van der Waals surface area contributed by atoms with Crippen LogP contribution in [-0.4, -0.2) is 41.8 Å². The van der Waals surface area contributed by atoms with Gasteiger partial charge in [-0.1, -0.05) is 84.4 Å². The van der Waals surface area contributed by atoms with Crippen molar-refractivity contribution in [1.29, 1.82) is 0 Å². The van der Waals surface area contributed by atoms with Crippen LogP contribution in [0.25, 0.3) is 11.1 Å². The highest BCUT2D eigenvalue weighted by molar-refractivity contribution is 5.98. The number of nitrogens with zero attached hydrogens (tertiary/aromatic N) is 3. The number of benzene rings is 3. The second-order valence-corrected chi connectivity index (χ2v) is 7.84. The molecule has 4 rings (SSSR count). The number of piperazine rings is 1. The zero-order valence-electron chi connectivity index (χ0n) is 17.4. The molecule has 29 heavy (non-hydrogen) atoms. The van der Waals surface area contributed by atoms with Crippen molar-refractivity contribution in [1.82, 2.24) is 9.91 Å². The summed E-state index contributed by atoms with van der Waals surface area (Å²) in [5.74, 6) is 0. The summed E-state index contributed by atoms with van der Waals surface area (Å²) in [5, 5.41) is 7.10. The standard InChI is InChI=1S/C26H29N3/c1-21-8-10-23(11-9-21)20-28-16-18-29(19-17-28)27-22(2)24-12-14-26(15-13-24)25-6-4-3-5-7-25/h3-15H,16-20H2,1-2H3/b27-22+. The molecule has 0 unspecified atom stereocenters. The fourth-order valence-electron chi connectivity index (χ4n) is 3.75. The smallest absolute Gasteiger partial charge is 0.0646 e. The second-order valence-electron chi connectivity index (χ2n) is 7.84. The van der Waals surface area contributed by atoms with Gasteiger partial charge in [0.15, 0.2) is 0 Å². The molecule has 0 atom stereocenters. The lowest BCUT2D eigenvalue weighted by molar-refractivity contribution is 0.130. The van der Waals surface area contributed by atoms with Gasteiger partial charge in [0.05, 0.1) is 5.71 Å². The Bertz CT molecular complexity index is 936. The fraction of sp³-hybridized carbons (Fsp3) is 0.269. The number of rotatable bonds is 5. The third-order valence-corrected chi connectivity index (χ3v) is 5.58. The van der Waals surface area contributed by atoms with Gasteiger partial charge in [-0.25, -0.2) is 0 Å². The minimum Gasteiger partial charge on any atom is -0.295 e. The molecule has 0 saturated carbocycles. The van der Waals surface area contributed by atoms with Gasteiger partial charge in [-0.3, -0.25) is 9.91 Å². The second kappa shape index (κ2) is 9.06. The van der Waals surface area contributed by atoms with Gasteiger partial charge in [0, 0.05) is 32.7 Å². The van der Waals surface area contributed by atoms with E-state index in [-0.39, 0.29) is 0 Å². The Morgan fingerprint density at radius 1 is 0.759 bits per heavy atom. The SMILES string of the molecule is C/C(=N\N1CCN(Cc2ccc(C)cc2)CC1)c1ccc(-c2ccccc2)cc1. The average molecular weight is 384 g/mol. The van der Waals surface area contributed by atoms with Crippen molar-refractivity contribution in [2.24, 2.45) is 5.10 Å². The summed E-state index contributed by atoms with van der Waals surface area (Å²) >= 11 is 0. The first-order valence-corrected chi connectivity index (χ1v) is 10.4. The van der Waals surface area contributed by atoms with Crippen LogP contribution in [0.3, 0.4) is 0 Å². The van der Waals surface area contributed by atoms with Crippen molar-refractivity contribution in [3.63, 3.8) is 0 Å². The summed E-state index contributed by atoms with van der Waals surface area (Å²) in [6.45, 7) is 9.33. The Kier molecular flexibility index (Phi) is 6.06. The Hall–Kier alpha value is -2.91. The van der Waals surface area contributed by atoms with E-state index in [2.05, 4.69) is 103 Å². The summed E-state index contributed by atoms with van der Waals surface area (Å²) in [7, 11) is 0. The number of hydrogen-bond donors (Lipinski definition) is 0. The van der Waals surface area contributed by atoms with Crippen LogP contribution in [0.15, 0.2) is 84.0 Å². The molecule has 0 radical (unpaired) electrons. The molecule has 1 aliphatic heterocycles. The maximum atomic E-state index is 4.89. The van der Waals surface area contributed by atoms with E-state index in [1.807, 2.05) is 0 Å². The van der Waals surface area contributed by atoms with Gasteiger partial charge in [-0.2, -0.15) is 5.10 Å². The van der Waals surface area contributed by atoms with E-state index in [9.17, 15) is 0 Å². The van der Waals surface area contributed by atoms with Gasteiger partial charge < -0.3 is 0 Å². The Morgan fingerprint density at radius 2 is 1.38 bits per heavy atom.